The molecular formula is C29H31F2N5O3. The normalized spacial score (nSPS) is 24.6. The van der Waals surface area contributed by atoms with Crippen molar-refractivity contribution in [2.75, 3.05) is 20.3 Å². The molecule has 2 fully saturated rings. The number of nitrogens with zero attached hydrogens (tertiary/aromatic N) is 4. The van der Waals surface area contributed by atoms with Gasteiger partial charge in [-0.3, -0.25) is 4.98 Å². The molecule has 0 bridgehead atoms. The number of fused-ring (bicyclic) bond motifs is 1. The Morgan fingerprint density at radius 3 is 2.59 bits per heavy atom. The largest absolute Gasteiger partial charge is 0.380 e. The summed E-state index contributed by atoms with van der Waals surface area (Å²) in [6.45, 7) is 2.17. The Morgan fingerprint density at radius 1 is 1.15 bits per heavy atom. The van der Waals surface area contributed by atoms with Gasteiger partial charge in [0, 0.05) is 32.0 Å². The number of aliphatic hydroxyl groups is 1. The molecule has 3 N–H and O–H groups in total. The first-order chi connectivity index (χ1) is 18.8. The summed E-state index contributed by atoms with van der Waals surface area (Å²) >= 11 is 0. The first-order valence-electron chi connectivity index (χ1n) is 13.1. The molecule has 0 spiro atoms. The van der Waals surface area contributed by atoms with Gasteiger partial charge in [0.25, 0.3) is 0 Å². The van der Waals surface area contributed by atoms with E-state index in [1.54, 1.807) is 36.2 Å². The van der Waals surface area contributed by atoms with Crippen LogP contribution >= 0.6 is 0 Å². The Morgan fingerprint density at radius 2 is 1.92 bits per heavy atom. The fourth-order valence-corrected chi connectivity index (χ4v) is 6.11. The number of nitrogens with two attached hydrogens (primary N) is 1. The van der Waals surface area contributed by atoms with Gasteiger partial charge < -0.3 is 20.3 Å². The zero-order valence-electron chi connectivity index (χ0n) is 21.8. The van der Waals surface area contributed by atoms with E-state index in [4.69, 9.17) is 15.2 Å². The molecule has 39 heavy (non-hydrogen) atoms. The van der Waals surface area contributed by atoms with E-state index in [-0.39, 0.29) is 48.1 Å². The van der Waals surface area contributed by atoms with Gasteiger partial charge in [-0.2, -0.15) is 5.10 Å². The Hall–Kier alpha value is -3.31. The number of pyridine rings is 1. The average Bonchev–Trinajstić information content (AvgIpc) is 3.29. The summed E-state index contributed by atoms with van der Waals surface area (Å²) in [5, 5.41) is 15.0. The number of hydrogen-bond donors (Lipinski definition) is 2. The van der Waals surface area contributed by atoms with E-state index in [1.165, 1.54) is 5.56 Å². The van der Waals surface area contributed by atoms with Crippen molar-refractivity contribution in [2.24, 2.45) is 11.7 Å². The van der Waals surface area contributed by atoms with Crippen molar-refractivity contribution >= 4 is 5.52 Å². The summed E-state index contributed by atoms with van der Waals surface area (Å²) in [4.78, 5) is 8.93. The van der Waals surface area contributed by atoms with Crippen LogP contribution in [0.2, 0.25) is 0 Å². The maximum Gasteiger partial charge on any atom is 0.136 e. The molecule has 3 aromatic heterocycles. The highest BCUT2D eigenvalue weighted by Crippen LogP contribution is 2.39. The van der Waals surface area contributed by atoms with Gasteiger partial charge in [-0.05, 0) is 71.7 Å². The van der Waals surface area contributed by atoms with Gasteiger partial charge in [-0.15, -0.1) is 0 Å². The number of aromatic nitrogens is 4. The van der Waals surface area contributed by atoms with E-state index in [0.717, 1.165) is 30.5 Å². The summed E-state index contributed by atoms with van der Waals surface area (Å²) in [5.74, 6) is -0.403. The van der Waals surface area contributed by atoms with Crippen molar-refractivity contribution in [3.63, 3.8) is 0 Å². The molecule has 1 aliphatic heterocycles. The number of rotatable bonds is 6. The third-order valence-corrected chi connectivity index (χ3v) is 8.17. The van der Waals surface area contributed by atoms with Crippen LogP contribution in [0.5, 0.6) is 0 Å². The first-order valence-corrected chi connectivity index (χ1v) is 13.1. The highest BCUT2D eigenvalue weighted by molar-refractivity contribution is 5.63. The third-order valence-electron chi connectivity index (χ3n) is 8.17. The molecule has 2 aliphatic rings. The Bertz CT molecular complexity index is 1490. The van der Waals surface area contributed by atoms with Crippen molar-refractivity contribution in [2.45, 2.75) is 49.9 Å². The zero-order valence-corrected chi connectivity index (χ0v) is 21.8. The molecule has 10 heteroatoms. The fraction of sp³-hybridized carbons (Fsp3) is 0.414. The zero-order chi connectivity index (χ0) is 27.3. The standard InChI is InChI=1S/C29H31F2N5O3/c1-16-7-17(8-24(32)28(16)38-2)21-5-6-33-12-18(21)9-26-34-13-20-3-4-25(35-36(20)26)27-22(30)10-19(11-23(27)31)29(37)14-39-15-29/h3-6,10-13,16-17,24,28,37H,7-9,14-15,32H2,1-2H3/t16-,17+,24+,28-/m0/s1. The predicted molar refractivity (Wildman–Crippen MR) is 140 cm³/mol. The predicted octanol–water partition coefficient (Wildman–Crippen LogP) is 3.73. The lowest BCUT2D eigenvalue weighted by atomic mass is 9.74. The smallest absolute Gasteiger partial charge is 0.136 e. The molecule has 4 aromatic rings. The van der Waals surface area contributed by atoms with Gasteiger partial charge >= 0.3 is 0 Å². The maximum absolute atomic E-state index is 15.2. The van der Waals surface area contributed by atoms with Crippen LogP contribution in [0.1, 0.15) is 48.2 Å². The van der Waals surface area contributed by atoms with Gasteiger partial charge in [0.15, 0.2) is 0 Å². The van der Waals surface area contributed by atoms with Crippen molar-refractivity contribution < 1.29 is 23.4 Å². The van der Waals surface area contributed by atoms with Crippen LogP contribution in [0.25, 0.3) is 16.8 Å². The molecule has 8 nitrogen and oxygen atoms in total. The molecule has 0 amide bonds. The minimum atomic E-state index is -1.37. The third kappa shape index (κ3) is 4.61. The van der Waals surface area contributed by atoms with E-state index in [9.17, 15) is 5.11 Å². The van der Waals surface area contributed by atoms with Gasteiger partial charge in [-0.1, -0.05) is 6.92 Å². The number of hydrogen-bond acceptors (Lipinski definition) is 7. The summed E-state index contributed by atoms with van der Waals surface area (Å²) < 4.78 is 42.6. The second kappa shape index (κ2) is 10.0. The number of methoxy groups -OCH3 is 1. The lowest BCUT2D eigenvalue weighted by molar-refractivity contribution is -0.184. The van der Waals surface area contributed by atoms with Crippen molar-refractivity contribution in [3.05, 3.63) is 83.1 Å². The lowest BCUT2D eigenvalue weighted by Gasteiger charge is -2.38. The molecule has 0 radical (unpaired) electrons. The molecule has 4 atom stereocenters. The van der Waals surface area contributed by atoms with E-state index in [1.807, 2.05) is 12.3 Å². The van der Waals surface area contributed by atoms with Crippen LogP contribution in [0.3, 0.4) is 0 Å². The van der Waals surface area contributed by atoms with Crippen molar-refractivity contribution in [1.82, 2.24) is 19.6 Å². The highest BCUT2D eigenvalue weighted by Gasteiger charge is 2.39. The van der Waals surface area contributed by atoms with E-state index in [2.05, 4.69) is 22.0 Å². The molecule has 204 valence electrons. The fourth-order valence-electron chi connectivity index (χ4n) is 6.11. The highest BCUT2D eigenvalue weighted by atomic mass is 19.1. The summed E-state index contributed by atoms with van der Waals surface area (Å²) in [6, 6.07) is 7.57. The van der Waals surface area contributed by atoms with E-state index < -0.39 is 17.2 Å². The minimum absolute atomic E-state index is 0.00281. The van der Waals surface area contributed by atoms with Gasteiger partial charge in [-0.25, -0.2) is 18.3 Å². The summed E-state index contributed by atoms with van der Waals surface area (Å²) in [5.41, 5.74) is 7.98. The number of ether oxygens (including phenoxy) is 2. The van der Waals surface area contributed by atoms with Crippen LogP contribution in [0.4, 0.5) is 8.78 Å². The number of halogens is 2. The van der Waals surface area contributed by atoms with E-state index in [0.29, 0.717) is 23.7 Å². The molecular weight excluding hydrogens is 504 g/mol. The molecule has 1 saturated heterocycles. The first kappa shape index (κ1) is 25.9. The Labute approximate surface area is 224 Å². The quantitative estimate of drug-likeness (QED) is 0.387. The van der Waals surface area contributed by atoms with Crippen LogP contribution < -0.4 is 5.73 Å². The Kier molecular flexibility index (Phi) is 6.66. The SMILES string of the molecule is CO[C@@H]1[C@H](N)C[C@H](c2ccncc2Cc2ncc3ccc(-c4c(F)cc(C5(O)COC5)cc4F)nn23)C[C@@H]1C. The van der Waals surface area contributed by atoms with Crippen molar-refractivity contribution in [1.29, 1.82) is 0 Å². The molecule has 1 aromatic carbocycles. The Balaban J connectivity index is 1.32. The number of imidazole rings is 1. The van der Waals surface area contributed by atoms with Gasteiger partial charge in [0.1, 0.15) is 23.1 Å². The summed E-state index contributed by atoms with van der Waals surface area (Å²) in [6.07, 6.45) is 7.55. The molecule has 1 aliphatic carbocycles. The maximum atomic E-state index is 15.2. The minimum Gasteiger partial charge on any atom is -0.380 e. The van der Waals surface area contributed by atoms with Crippen LogP contribution in [0, 0.1) is 17.6 Å². The van der Waals surface area contributed by atoms with Crippen molar-refractivity contribution in [3.8, 4) is 11.3 Å². The summed E-state index contributed by atoms with van der Waals surface area (Å²) in [7, 11) is 1.71. The monoisotopic (exact) mass is 535 g/mol. The molecule has 4 heterocycles. The van der Waals surface area contributed by atoms with E-state index >= 15 is 8.78 Å². The molecule has 6 rings (SSSR count). The second-order valence-electron chi connectivity index (χ2n) is 10.8. The van der Waals surface area contributed by atoms with Crippen LogP contribution in [-0.4, -0.2) is 57.2 Å². The lowest BCUT2D eigenvalue weighted by Crippen LogP contribution is -2.46. The molecule has 0 unspecified atom stereocenters. The molecule has 1 saturated carbocycles. The van der Waals surface area contributed by atoms with Gasteiger partial charge in [0.2, 0.25) is 0 Å². The van der Waals surface area contributed by atoms with Crippen LogP contribution in [0.15, 0.2) is 48.9 Å². The topological polar surface area (TPSA) is 108 Å². The second-order valence-corrected chi connectivity index (χ2v) is 10.8. The average molecular weight is 536 g/mol. The number of benzene rings is 1. The van der Waals surface area contributed by atoms with Crippen LogP contribution in [-0.2, 0) is 21.5 Å². The van der Waals surface area contributed by atoms with Gasteiger partial charge in [0.05, 0.1) is 42.3 Å².